The van der Waals surface area contributed by atoms with Crippen LogP contribution in [0.5, 0.6) is 0 Å². The van der Waals surface area contributed by atoms with Crippen molar-refractivity contribution < 1.29 is 0 Å². The topological polar surface area (TPSA) is 60.9 Å². The predicted molar refractivity (Wildman–Crippen MR) is 59.7 cm³/mol. The van der Waals surface area contributed by atoms with Gasteiger partial charge in [-0.15, -0.1) is 0 Å². The van der Waals surface area contributed by atoms with E-state index in [1.807, 2.05) is 25.1 Å². The van der Waals surface area contributed by atoms with Crippen LogP contribution in [0.4, 0.5) is 0 Å². The van der Waals surface area contributed by atoms with Gasteiger partial charge in [0.1, 0.15) is 0 Å². The molecule has 2 aromatic rings. The van der Waals surface area contributed by atoms with E-state index in [-0.39, 0.29) is 11.6 Å². The minimum absolute atomic E-state index is 0.0297. The summed E-state index contributed by atoms with van der Waals surface area (Å²) in [6, 6.07) is 7.26. The fourth-order valence-corrected chi connectivity index (χ4v) is 1.55. The number of aromatic nitrogens is 2. The predicted octanol–water partition coefficient (Wildman–Crippen LogP) is 0.744. The van der Waals surface area contributed by atoms with E-state index in [9.17, 15) is 4.79 Å². The lowest BCUT2D eigenvalue weighted by Crippen LogP contribution is -2.29. The molecule has 0 saturated heterocycles. The molecule has 4 nitrogen and oxygen atoms in total. The summed E-state index contributed by atoms with van der Waals surface area (Å²) in [7, 11) is 0. The molecule has 0 aliphatic carbocycles. The molecule has 0 fully saturated rings. The second-order valence-electron chi connectivity index (χ2n) is 3.70. The third kappa shape index (κ3) is 1.89. The first-order valence-electron chi connectivity index (χ1n) is 4.88. The molecule has 0 bridgehead atoms. The number of hydrogen-bond acceptors (Lipinski definition) is 3. The monoisotopic (exact) mass is 203 g/mol. The van der Waals surface area contributed by atoms with Crippen molar-refractivity contribution in [3.05, 3.63) is 40.9 Å². The molecule has 2 rings (SSSR count). The zero-order chi connectivity index (χ0) is 10.8. The first kappa shape index (κ1) is 9.86. The molecule has 1 aromatic carbocycles. The summed E-state index contributed by atoms with van der Waals surface area (Å²) in [4.78, 5) is 16.1. The van der Waals surface area contributed by atoms with Crippen molar-refractivity contribution in [3.63, 3.8) is 0 Å². The first-order valence-corrected chi connectivity index (χ1v) is 4.88. The molecule has 0 spiro atoms. The number of benzene rings is 1. The van der Waals surface area contributed by atoms with E-state index >= 15 is 0 Å². The van der Waals surface area contributed by atoms with Gasteiger partial charge in [0.25, 0.3) is 5.56 Å². The number of rotatable bonds is 2. The molecular formula is C11H13N3O. The summed E-state index contributed by atoms with van der Waals surface area (Å²) in [6.45, 7) is 2.36. The SMILES string of the molecule is C[C@H](N)Cn1cnc2ccccc2c1=O. The average Bonchev–Trinajstić information content (AvgIpc) is 2.22. The van der Waals surface area contributed by atoms with E-state index in [1.54, 1.807) is 17.0 Å². The largest absolute Gasteiger partial charge is 0.326 e. The van der Waals surface area contributed by atoms with Crippen LogP contribution in [0.15, 0.2) is 35.4 Å². The number of fused-ring (bicyclic) bond motifs is 1. The molecule has 15 heavy (non-hydrogen) atoms. The van der Waals surface area contributed by atoms with Crippen LogP contribution in [0.1, 0.15) is 6.92 Å². The highest BCUT2D eigenvalue weighted by molar-refractivity contribution is 5.76. The number of nitrogens with two attached hydrogens (primary N) is 1. The van der Waals surface area contributed by atoms with Gasteiger partial charge >= 0.3 is 0 Å². The van der Waals surface area contributed by atoms with Crippen molar-refractivity contribution in [2.45, 2.75) is 19.5 Å². The van der Waals surface area contributed by atoms with Crippen LogP contribution < -0.4 is 11.3 Å². The summed E-state index contributed by atoms with van der Waals surface area (Å²) >= 11 is 0. The molecule has 1 heterocycles. The number of hydrogen-bond donors (Lipinski definition) is 1. The van der Waals surface area contributed by atoms with Gasteiger partial charge in [0.15, 0.2) is 0 Å². The fourth-order valence-electron chi connectivity index (χ4n) is 1.55. The van der Waals surface area contributed by atoms with Crippen LogP contribution in [0, 0.1) is 0 Å². The van der Waals surface area contributed by atoms with Gasteiger partial charge in [0.2, 0.25) is 0 Å². The minimum atomic E-state index is -0.0503. The number of nitrogens with zero attached hydrogens (tertiary/aromatic N) is 2. The van der Waals surface area contributed by atoms with Crippen molar-refractivity contribution in [3.8, 4) is 0 Å². The molecule has 0 aliphatic heterocycles. The molecule has 4 heteroatoms. The Labute approximate surface area is 87.4 Å². The van der Waals surface area contributed by atoms with Crippen molar-refractivity contribution in [2.75, 3.05) is 0 Å². The second-order valence-corrected chi connectivity index (χ2v) is 3.70. The lowest BCUT2D eigenvalue weighted by Gasteiger charge is -2.08. The molecule has 0 unspecified atom stereocenters. The molecular weight excluding hydrogens is 190 g/mol. The zero-order valence-electron chi connectivity index (χ0n) is 8.55. The van der Waals surface area contributed by atoms with Gasteiger partial charge in [0, 0.05) is 12.6 Å². The summed E-state index contributed by atoms with van der Waals surface area (Å²) < 4.78 is 1.55. The van der Waals surface area contributed by atoms with Crippen LogP contribution >= 0.6 is 0 Å². The maximum atomic E-state index is 11.9. The van der Waals surface area contributed by atoms with Crippen LogP contribution in [-0.2, 0) is 6.54 Å². The van der Waals surface area contributed by atoms with Gasteiger partial charge in [0.05, 0.1) is 17.2 Å². The maximum absolute atomic E-state index is 11.9. The normalized spacial score (nSPS) is 12.9. The highest BCUT2D eigenvalue weighted by atomic mass is 16.1. The second kappa shape index (κ2) is 3.82. The Morgan fingerprint density at radius 3 is 2.93 bits per heavy atom. The zero-order valence-corrected chi connectivity index (χ0v) is 8.55. The van der Waals surface area contributed by atoms with Gasteiger partial charge in [-0.25, -0.2) is 4.98 Å². The summed E-state index contributed by atoms with van der Waals surface area (Å²) in [6.07, 6.45) is 1.55. The lowest BCUT2D eigenvalue weighted by molar-refractivity contribution is 0.570. The van der Waals surface area contributed by atoms with Gasteiger partial charge in [-0.3, -0.25) is 9.36 Å². The maximum Gasteiger partial charge on any atom is 0.261 e. The quantitative estimate of drug-likeness (QED) is 0.783. The van der Waals surface area contributed by atoms with Gasteiger partial charge in [-0.2, -0.15) is 0 Å². The summed E-state index contributed by atoms with van der Waals surface area (Å²) in [5, 5.41) is 0.639. The molecule has 0 saturated carbocycles. The van der Waals surface area contributed by atoms with Crippen LogP contribution in [0.3, 0.4) is 0 Å². The Kier molecular flexibility index (Phi) is 2.51. The standard InChI is InChI=1S/C11H13N3O/c1-8(12)6-14-7-13-10-5-3-2-4-9(10)11(14)15/h2-5,7-8H,6,12H2,1H3/t8-/m0/s1. The van der Waals surface area contributed by atoms with E-state index in [0.29, 0.717) is 11.9 Å². The summed E-state index contributed by atoms with van der Waals surface area (Å²) in [5.41, 5.74) is 6.35. The Hall–Kier alpha value is -1.68. The van der Waals surface area contributed by atoms with E-state index in [2.05, 4.69) is 4.98 Å². The molecule has 0 radical (unpaired) electrons. The van der Waals surface area contributed by atoms with Gasteiger partial charge in [-0.05, 0) is 19.1 Å². The minimum Gasteiger partial charge on any atom is -0.326 e. The molecule has 1 aromatic heterocycles. The Morgan fingerprint density at radius 1 is 1.47 bits per heavy atom. The van der Waals surface area contributed by atoms with E-state index in [1.165, 1.54) is 0 Å². The third-order valence-electron chi connectivity index (χ3n) is 2.22. The Bertz CT molecular complexity index is 531. The third-order valence-corrected chi connectivity index (χ3v) is 2.22. The van der Waals surface area contributed by atoms with Gasteiger partial charge < -0.3 is 5.73 Å². The Morgan fingerprint density at radius 2 is 2.20 bits per heavy atom. The van der Waals surface area contributed by atoms with E-state index in [4.69, 9.17) is 5.73 Å². The molecule has 78 valence electrons. The van der Waals surface area contributed by atoms with E-state index < -0.39 is 0 Å². The van der Waals surface area contributed by atoms with Gasteiger partial charge in [-0.1, -0.05) is 12.1 Å². The molecule has 1 atom stereocenters. The molecule has 2 N–H and O–H groups in total. The first-order chi connectivity index (χ1) is 7.18. The Balaban J connectivity index is 2.60. The van der Waals surface area contributed by atoms with Crippen molar-refractivity contribution >= 4 is 10.9 Å². The van der Waals surface area contributed by atoms with Crippen molar-refractivity contribution in [2.24, 2.45) is 5.73 Å². The molecule has 0 amide bonds. The number of para-hydroxylation sites is 1. The van der Waals surface area contributed by atoms with Crippen LogP contribution in [-0.4, -0.2) is 15.6 Å². The lowest BCUT2D eigenvalue weighted by atomic mass is 10.2. The van der Waals surface area contributed by atoms with E-state index in [0.717, 1.165) is 5.52 Å². The fraction of sp³-hybridized carbons (Fsp3) is 0.273. The van der Waals surface area contributed by atoms with Crippen molar-refractivity contribution in [1.82, 2.24) is 9.55 Å². The van der Waals surface area contributed by atoms with Crippen LogP contribution in [0.25, 0.3) is 10.9 Å². The van der Waals surface area contributed by atoms with Crippen LogP contribution in [0.2, 0.25) is 0 Å². The average molecular weight is 203 g/mol. The van der Waals surface area contributed by atoms with Crippen molar-refractivity contribution in [1.29, 1.82) is 0 Å². The highest BCUT2D eigenvalue weighted by Crippen LogP contribution is 2.04. The highest BCUT2D eigenvalue weighted by Gasteiger charge is 2.04. The smallest absolute Gasteiger partial charge is 0.261 e. The summed E-state index contributed by atoms with van der Waals surface area (Å²) in [5.74, 6) is 0. The molecule has 0 aliphatic rings.